The molecule has 0 spiro atoms. The van der Waals surface area contributed by atoms with Gasteiger partial charge in [-0.25, -0.2) is 0 Å². The Kier molecular flexibility index (Phi) is 2.82. The third kappa shape index (κ3) is 5.06. The Labute approximate surface area is 56.4 Å². The van der Waals surface area contributed by atoms with Gasteiger partial charge in [0.1, 0.15) is 0 Å². The van der Waals surface area contributed by atoms with Gasteiger partial charge in [-0.1, -0.05) is 0 Å². The van der Waals surface area contributed by atoms with Crippen LogP contribution in [0.1, 0.15) is 0 Å². The second-order valence-electron chi connectivity index (χ2n) is 0.961. The molecule has 0 saturated heterocycles. The fourth-order valence-corrected chi connectivity index (χ4v) is 0. The molecule has 0 aliphatic carbocycles. The molecule has 0 bridgehead atoms. The van der Waals surface area contributed by atoms with Crippen LogP contribution < -0.4 is 0 Å². The van der Waals surface area contributed by atoms with Crippen LogP contribution in [0.25, 0.3) is 0 Å². The smallest absolute Gasteiger partial charge is 0.193 e. The van der Waals surface area contributed by atoms with Crippen LogP contribution in [0.15, 0.2) is 0 Å². The van der Waals surface area contributed by atoms with Crippen LogP contribution in [0.4, 0.5) is 0 Å². The van der Waals surface area contributed by atoms with E-state index < -0.39 is 3.69 Å². The number of alkyl halides is 1. The Balaban J connectivity index is 3.17. The van der Waals surface area contributed by atoms with Crippen molar-refractivity contribution in [1.82, 2.24) is 0 Å². The molecule has 0 heterocycles. The minimum absolute atomic E-state index is 1.12. The summed E-state index contributed by atoms with van der Waals surface area (Å²) in [7, 11) is 1.49. The van der Waals surface area contributed by atoms with Gasteiger partial charge in [-0.15, -0.1) is 0 Å². The molecule has 0 rings (SSSR count). The van der Waals surface area contributed by atoms with E-state index in [2.05, 4.69) is 17.1 Å². The molecule has 0 aliphatic rings. The predicted octanol–water partition coefficient (Wildman–Crippen LogP) is -0.481. The van der Waals surface area contributed by atoms with Gasteiger partial charge < -0.3 is 5.11 Å². The van der Waals surface area contributed by atoms with E-state index in [9.17, 15) is 0 Å². The van der Waals surface area contributed by atoms with Crippen LogP contribution in [-0.2, 0) is 4.18 Å². The van der Waals surface area contributed by atoms with E-state index in [0.29, 0.717) is 0 Å². The largest absolute Gasteiger partial charge is 0.365 e. The first-order valence-corrected chi connectivity index (χ1v) is 2.74. The van der Waals surface area contributed by atoms with Crippen molar-refractivity contribution in [2.45, 2.75) is 3.69 Å². The molecule has 0 radical (unpaired) electrons. The molecule has 0 aromatic carbocycles. The van der Waals surface area contributed by atoms with Crippen LogP contribution >= 0.6 is 35.5 Å². The fourth-order valence-electron chi connectivity index (χ4n) is 0. The summed E-state index contributed by atoms with van der Waals surface area (Å²) >= 11 is 5.04. The maximum atomic E-state index is 8.51. The van der Waals surface area contributed by atoms with Crippen molar-refractivity contribution in [1.29, 1.82) is 0 Å². The van der Waals surface area contributed by atoms with Gasteiger partial charge in [-0.2, -0.15) is 0 Å². The summed E-state index contributed by atoms with van der Waals surface area (Å²) in [5.41, 5.74) is 0. The van der Waals surface area contributed by atoms with Crippen LogP contribution in [-0.4, -0.2) is 16.6 Å². The van der Waals surface area contributed by atoms with E-state index >= 15 is 0 Å². The van der Waals surface area contributed by atoms with E-state index in [1.54, 1.807) is 22.6 Å². The zero-order valence-corrected chi connectivity index (χ0v) is 6.23. The molecule has 0 amide bonds. The molecule has 1 N–H and O–H groups in total. The summed E-state index contributed by atoms with van der Waals surface area (Å²) in [5, 5.41) is 8.51. The Bertz CT molecular complexity index is 43.3. The standard InChI is InChI=1S/CH4BIO2S/c2-1(3,4)5-6/h4,6H,2H2. The highest BCUT2D eigenvalue weighted by atomic mass is 127. The number of hydrogen-bond acceptors (Lipinski definition) is 3. The Morgan fingerprint density at radius 2 is 2.17 bits per heavy atom. The third-order valence-corrected chi connectivity index (χ3v) is 1.09. The average molecular weight is 218 g/mol. The zero-order chi connectivity index (χ0) is 5.21. The second kappa shape index (κ2) is 2.39. The minimum Gasteiger partial charge on any atom is -0.365 e. The third-order valence-electron chi connectivity index (χ3n) is 0.167. The average Bonchev–Trinajstić information content (AvgIpc) is 1.35. The molecule has 1 unspecified atom stereocenters. The molecule has 0 aromatic heterocycles. The highest BCUT2D eigenvalue weighted by molar-refractivity contribution is 14.1. The lowest BCUT2D eigenvalue weighted by Crippen LogP contribution is -2.18. The first kappa shape index (κ1) is 7.06. The molecule has 1 atom stereocenters. The minimum atomic E-state index is -1.12. The topological polar surface area (TPSA) is 29.5 Å². The summed E-state index contributed by atoms with van der Waals surface area (Å²) in [4.78, 5) is 0. The zero-order valence-electron chi connectivity index (χ0n) is 3.18. The predicted molar refractivity (Wildman–Crippen MR) is 37.6 cm³/mol. The summed E-state index contributed by atoms with van der Waals surface area (Å²) in [6.07, 6.45) is 0. The number of thiol groups is 1. The Hall–Kier alpha value is 1.06. The van der Waals surface area contributed by atoms with Gasteiger partial charge in [0.2, 0.25) is 0 Å². The number of halogens is 1. The summed E-state index contributed by atoms with van der Waals surface area (Å²) in [5.74, 6) is 0. The lowest BCUT2D eigenvalue weighted by molar-refractivity contribution is 0.0594. The van der Waals surface area contributed by atoms with Crippen molar-refractivity contribution in [2.75, 3.05) is 0 Å². The van der Waals surface area contributed by atoms with Crippen molar-refractivity contribution >= 4 is 43.3 Å². The first-order valence-electron chi connectivity index (χ1n) is 1.30. The lowest BCUT2D eigenvalue weighted by atomic mass is 10.1. The maximum Gasteiger partial charge on any atom is 0.193 e. The van der Waals surface area contributed by atoms with Crippen molar-refractivity contribution < 1.29 is 9.29 Å². The van der Waals surface area contributed by atoms with E-state index in [0.717, 1.165) is 0 Å². The number of hydrogen-bond donors (Lipinski definition) is 2. The van der Waals surface area contributed by atoms with E-state index in [1.807, 2.05) is 0 Å². The second-order valence-corrected chi connectivity index (χ2v) is 3.15. The highest BCUT2D eigenvalue weighted by Gasteiger charge is 2.11. The van der Waals surface area contributed by atoms with Gasteiger partial charge in [0.05, 0.1) is 0 Å². The molecule has 6 heavy (non-hydrogen) atoms. The Morgan fingerprint density at radius 1 is 2.00 bits per heavy atom. The maximum absolute atomic E-state index is 8.51. The van der Waals surface area contributed by atoms with Crippen LogP contribution in [0.3, 0.4) is 0 Å². The van der Waals surface area contributed by atoms with Crippen molar-refractivity contribution in [2.24, 2.45) is 0 Å². The van der Waals surface area contributed by atoms with Crippen molar-refractivity contribution in [3.8, 4) is 0 Å². The summed E-state index contributed by atoms with van der Waals surface area (Å²) < 4.78 is 3.05. The van der Waals surface area contributed by atoms with Gasteiger partial charge in [0, 0.05) is 0 Å². The fraction of sp³-hybridized carbons (Fsp3) is 1.00. The molecule has 5 heteroatoms. The van der Waals surface area contributed by atoms with Crippen LogP contribution in [0.2, 0.25) is 0 Å². The molecule has 0 saturated carbocycles. The van der Waals surface area contributed by atoms with E-state index in [1.165, 1.54) is 7.85 Å². The van der Waals surface area contributed by atoms with E-state index in [4.69, 9.17) is 5.11 Å². The summed E-state index contributed by atoms with van der Waals surface area (Å²) in [6, 6.07) is 0. The van der Waals surface area contributed by atoms with Gasteiger partial charge >= 0.3 is 0 Å². The summed E-state index contributed by atoms with van der Waals surface area (Å²) in [6.45, 7) is 0. The molecule has 2 nitrogen and oxygen atoms in total. The van der Waals surface area contributed by atoms with Crippen LogP contribution in [0.5, 0.6) is 0 Å². The number of aliphatic hydroxyl groups is 1. The molecule has 0 aliphatic heterocycles. The molecular formula is CH4BIO2S. The highest BCUT2D eigenvalue weighted by Crippen LogP contribution is 2.11. The van der Waals surface area contributed by atoms with Gasteiger partial charge in [-0.3, -0.25) is 4.18 Å². The monoisotopic (exact) mass is 218 g/mol. The normalized spacial score (nSPS) is 19.8. The van der Waals surface area contributed by atoms with Crippen molar-refractivity contribution in [3.05, 3.63) is 0 Å². The number of rotatable bonds is 1. The molecular weight excluding hydrogens is 214 g/mol. The lowest BCUT2D eigenvalue weighted by Gasteiger charge is -2.08. The molecule has 0 aromatic rings. The SMILES string of the molecule is BC(O)(I)OS. The molecule has 36 valence electrons. The van der Waals surface area contributed by atoms with Crippen molar-refractivity contribution in [3.63, 3.8) is 0 Å². The molecule has 0 fully saturated rings. The van der Waals surface area contributed by atoms with Gasteiger partial charge in [-0.05, 0) is 35.5 Å². The van der Waals surface area contributed by atoms with Crippen LogP contribution in [0, 0.1) is 0 Å². The van der Waals surface area contributed by atoms with E-state index in [-0.39, 0.29) is 0 Å². The first-order chi connectivity index (χ1) is 2.56. The quantitative estimate of drug-likeness (QED) is 0.155. The Morgan fingerprint density at radius 3 is 2.17 bits per heavy atom. The van der Waals surface area contributed by atoms with Gasteiger partial charge in [0.25, 0.3) is 0 Å². The van der Waals surface area contributed by atoms with Gasteiger partial charge in [0.15, 0.2) is 11.5 Å².